The summed E-state index contributed by atoms with van der Waals surface area (Å²) >= 11 is 1.94. The predicted octanol–water partition coefficient (Wildman–Crippen LogP) is 23.4. The van der Waals surface area contributed by atoms with Gasteiger partial charge in [-0.15, -0.1) is 0 Å². The lowest BCUT2D eigenvalue weighted by Gasteiger charge is -2.42. The summed E-state index contributed by atoms with van der Waals surface area (Å²) in [5.41, 5.74) is 28.9. The zero-order chi connectivity index (χ0) is 69.1. The summed E-state index contributed by atoms with van der Waals surface area (Å²) in [4.78, 5) is 16.4. The van der Waals surface area contributed by atoms with Crippen molar-refractivity contribution in [2.75, 3.05) is 4.90 Å². The molecule has 3 aromatic heterocycles. The third-order valence-corrected chi connectivity index (χ3v) is 21.3. The molecule has 0 unspecified atom stereocenters. The van der Waals surface area contributed by atoms with Gasteiger partial charge in [-0.3, -0.25) is 9.97 Å². The maximum absolute atomic E-state index is 5.55. The monoisotopic (exact) mass is 1280 g/mol. The highest BCUT2D eigenvalue weighted by molar-refractivity contribution is 8.00. The van der Waals surface area contributed by atoms with Gasteiger partial charge < -0.3 is 9.47 Å². The van der Waals surface area contributed by atoms with Crippen molar-refractivity contribution >= 4 is 73.7 Å². The lowest BCUT2D eigenvalue weighted by molar-refractivity contribution is 0.531. The number of pyridine rings is 2. The molecule has 0 spiro atoms. The second-order valence-electron chi connectivity index (χ2n) is 36.2. The molecule has 0 fully saturated rings. The number of rotatable bonds is 6. The van der Waals surface area contributed by atoms with Crippen molar-refractivity contribution < 1.29 is 0 Å². The summed E-state index contributed by atoms with van der Waals surface area (Å²) in [6, 6.07) is 69.5. The van der Waals surface area contributed by atoms with Gasteiger partial charge in [0, 0.05) is 93.2 Å². The summed E-state index contributed by atoms with van der Waals surface area (Å²) in [6.45, 7) is 55.8. The van der Waals surface area contributed by atoms with Crippen molar-refractivity contribution in [1.82, 2.24) is 14.5 Å². The van der Waals surface area contributed by atoms with E-state index >= 15 is 0 Å². The van der Waals surface area contributed by atoms with Gasteiger partial charge in [-0.25, -0.2) is 0 Å². The predicted molar refractivity (Wildman–Crippen MR) is 418 cm³/mol. The van der Waals surface area contributed by atoms with Crippen LogP contribution in [0.5, 0.6) is 0 Å². The van der Waals surface area contributed by atoms with Crippen molar-refractivity contribution in [3.8, 4) is 50.2 Å². The lowest BCUT2D eigenvalue weighted by atomic mass is 9.34. The first-order valence-electron chi connectivity index (χ1n) is 35.1. The highest BCUT2D eigenvalue weighted by atomic mass is 32.2. The molecule has 0 N–H and O–H groups in total. The highest BCUT2D eigenvalue weighted by Crippen LogP contribution is 2.53. The van der Waals surface area contributed by atoms with E-state index in [2.05, 4.69) is 352 Å². The SMILES string of the molecule is CC(C)(C)c1cc(-c2ccc3c(c2)Sc2cc(-n4c5ccccc5c5ccccc54)cc4c2B3c2ccc(-c3cc(C(C)(C)C)cc(C(C)(C)C)c3)cc2N4c2c(-c3cc(C(C)(C)C)nc(C(C)(C)C)c3)cccc2-c2cc(C(C)(C)C)nc(C(C)(C)C)c2)cc(C(C)(C)C)c1. The van der Waals surface area contributed by atoms with Crippen molar-refractivity contribution in [1.29, 1.82) is 0 Å². The van der Waals surface area contributed by atoms with Crippen molar-refractivity contribution in [3.05, 3.63) is 221 Å². The van der Waals surface area contributed by atoms with Gasteiger partial charge in [0.25, 0.3) is 0 Å². The number of hydrogen-bond acceptors (Lipinski definition) is 4. The third-order valence-electron chi connectivity index (χ3n) is 20.2. The molecule has 0 radical (unpaired) electrons. The maximum Gasteiger partial charge on any atom is 0.249 e. The fourth-order valence-corrected chi connectivity index (χ4v) is 15.4. The fraction of sp³-hybridized carbons (Fsp3) is 0.356. The van der Waals surface area contributed by atoms with Gasteiger partial charge in [0.1, 0.15) is 0 Å². The molecule has 11 aromatic rings. The smallest absolute Gasteiger partial charge is 0.249 e. The van der Waals surface area contributed by atoms with E-state index in [1.165, 1.54) is 104 Å². The summed E-state index contributed by atoms with van der Waals surface area (Å²) in [6.07, 6.45) is 0. The number of nitrogens with zero attached hydrogens (tertiary/aromatic N) is 4. The second-order valence-corrected chi connectivity index (χ2v) is 37.3. The lowest BCUT2D eigenvalue weighted by Crippen LogP contribution is -2.60. The molecule has 0 saturated carbocycles. The molecule has 0 saturated heterocycles. The summed E-state index contributed by atoms with van der Waals surface area (Å²) in [7, 11) is 0. The molecule has 5 heterocycles. The van der Waals surface area contributed by atoms with E-state index in [0.717, 1.165) is 56.4 Å². The van der Waals surface area contributed by atoms with Crippen LogP contribution in [-0.4, -0.2) is 21.2 Å². The zero-order valence-corrected chi connectivity index (χ0v) is 62.8. The van der Waals surface area contributed by atoms with Gasteiger partial charge in [0.2, 0.25) is 6.71 Å². The Kier molecular flexibility index (Phi) is 15.9. The van der Waals surface area contributed by atoms with Crippen molar-refractivity contribution in [3.63, 3.8) is 0 Å². The van der Waals surface area contributed by atoms with Crippen LogP contribution in [0.15, 0.2) is 186 Å². The Morgan fingerprint density at radius 2 is 0.708 bits per heavy atom. The molecule has 2 aliphatic heterocycles. The molecule has 0 bridgehead atoms. The van der Waals surface area contributed by atoms with E-state index in [1.54, 1.807) is 0 Å². The van der Waals surface area contributed by atoms with E-state index < -0.39 is 0 Å². The number of hydrogen-bond donors (Lipinski definition) is 0. The largest absolute Gasteiger partial charge is 0.310 e. The Hall–Kier alpha value is -7.93. The Morgan fingerprint density at radius 3 is 1.11 bits per heavy atom. The molecule has 6 heteroatoms. The van der Waals surface area contributed by atoms with Crippen LogP contribution < -0.4 is 21.3 Å². The van der Waals surface area contributed by atoms with E-state index in [0.29, 0.717) is 0 Å². The van der Waals surface area contributed by atoms with E-state index in [1.807, 2.05) is 11.8 Å². The second kappa shape index (κ2) is 22.8. The number of aromatic nitrogens is 3. The first-order chi connectivity index (χ1) is 44.6. The Bertz CT molecular complexity index is 4660. The molecule has 0 aliphatic carbocycles. The van der Waals surface area contributed by atoms with Crippen molar-refractivity contribution in [2.45, 2.75) is 219 Å². The summed E-state index contributed by atoms with van der Waals surface area (Å²) < 4.78 is 2.54. The van der Waals surface area contributed by atoms with Crippen molar-refractivity contribution in [2.24, 2.45) is 0 Å². The Labute approximate surface area is 579 Å². The molecular formula is C90H101BN4S. The van der Waals surface area contributed by atoms with Gasteiger partial charge in [0.05, 0.1) is 16.7 Å². The first kappa shape index (κ1) is 66.7. The molecular weight excluding hydrogens is 1180 g/mol. The van der Waals surface area contributed by atoms with E-state index in [9.17, 15) is 0 Å². The topological polar surface area (TPSA) is 34.0 Å². The zero-order valence-electron chi connectivity index (χ0n) is 62.0. The van der Waals surface area contributed by atoms with Crippen LogP contribution in [-0.2, 0) is 43.3 Å². The standard InChI is InChI=1S/C90H101BN4S/c1-83(2,3)60-40-56(41-61(50-60)84(4,5)6)54-36-38-69-73(44-54)95(82-65(58-46-77(87(13,14)15)92-78(47-58)88(16,17)18)32-29-33-66(82)59-48-79(89(19,20)21)93-80(49-59)90(22,23)24)74-52-64(94-71-34-27-25-30-67(71)68-31-26-28-35-72(68)94)53-76-81(74)91(69)70-39-37-55(45-75(70)96-76)57-42-62(85(7,8)9)51-63(43-57)86(10,11)12/h25-53H,1-24H3. The van der Waals surface area contributed by atoms with Gasteiger partial charge in [0.15, 0.2) is 0 Å². The van der Waals surface area contributed by atoms with Gasteiger partial charge in [-0.05, 0) is 149 Å². The molecule has 8 aromatic carbocycles. The number of anilines is 3. The number of fused-ring (bicyclic) bond motifs is 7. The summed E-state index contributed by atoms with van der Waals surface area (Å²) in [5, 5.41) is 2.48. The first-order valence-corrected chi connectivity index (χ1v) is 35.9. The minimum Gasteiger partial charge on any atom is -0.310 e. The normalized spacial score (nSPS) is 14.0. The van der Waals surface area contributed by atoms with E-state index in [4.69, 9.17) is 9.97 Å². The van der Waals surface area contributed by atoms with Gasteiger partial charge in [-0.1, -0.05) is 299 Å². The molecule has 13 rings (SSSR count). The van der Waals surface area contributed by atoms with Gasteiger partial charge in [-0.2, -0.15) is 0 Å². The molecule has 4 nitrogen and oxygen atoms in total. The van der Waals surface area contributed by atoms with Crippen LogP contribution in [0.25, 0.3) is 72.0 Å². The minimum atomic E-state index is -0.236. The van der Waals surface area contributed by atoms with E-state index in [-0.39, 0.29) is 50.0 Å². The van der Waals surface area contributed by atoms with Crippen LogP contribution in [0.2, 0.25) is 0 Å². The van der Waals surface area contributed by atoms with Crippen LogP contribution in [0.3, 0.4) is 0 Å². The molecule has 96 heavy (non-hydrogen) atoms. The van der Waals surface area contributed by atoms with Crippen LogP contribution >= 0.6 is 11.8 Å². The minimum absolute atomic E-state index is 0.0305. The third kappa shape index (κ3) is 12.2. The molecule has 0 atom stereocenters. The average Bonchev–Trinajstić information content (AvgIpc) is 0.860. The summed E-state index contributed by atoms with van der Waals surface area (Å²) in [5.74, 6) is 0. The molecule has 490 valence electrons. The Morgan fingerprint density at radius 1 is 0.312 bits per heavy atom. The number of para-hydroxylation sites is 3. The van der Waals surface area contributed by atoms with Crippen LogP contribution in [0.1, 0.15) is 211 Å². The van der Waals surface area contributed by atoms with Gasteiger partial charge >= 0.3 is 0 Å². The highest BCUT2D eigenvalue weighted by Gasteiger charge is 2.44. The fourth-order valence-electron chi connectivity index (χ4n) is 14.1. The Balaban J connectivity index is 1.21. The average molecular weight is 1280 g/mol. The van der Waals surface area contributed by atoms with Crippen LogP contribution in [0.4, 0.5) is 17.1 Å². The molecule has 0 amide bonds. The quantitative estimate of drug-likeness (QED) is 0.155. The number of benzene rings is 8. The molecule has 2 aliphatic rings. The maximum atomic E-state index is 5.55. The van der Waals surface area contributed by atoms with Crippen LogP contribution in [0, 0.1) is 0 Å².